The number of aliphatic imine (C=N–C) groups is 1. The summed E-state index contributed by atoms with van der Waals surface area (Å²) in [5.41, 5.74) is -0.0365. The zero-order valence-corrected chi connectivity index (χ0v) is 20.5. The third-order valence-electron chi connectivity index (χ3n) is 5.01. The molecule has 2 fully saturated rings. The number of guanidine groups is 1. The number of likely N-dealkylation sites (N-methyl/N-ethyl adjacent to an activating group) is 2. The van der Waals surface area contributed by atoms with Crippen molar-refractivity contribution in [2.24, 2.45) is 4.99 Å². The van der Waals surface area contributed by atoms with E-state index >= 15 is 0 Å². The number of carbonyl (C=O) groups excluding carboxylic acids is 2. The maximum absolute atomic E-state index is 11.9. The average molecular weight is 527 g/mol. The zero-order chi connectivity index (χ0) is 19.9. The van der Waals surface area contributed by atoms with Crippen molar-refractivity contribution in [1.29, 1.82) is 0 Å². The van der Waals surface area contributed by atoms with Crippen LogP contribution in [0.25, 0.3) is 0 Å². The quantitative estimate of drug-likeness (QED) is 0.312. The maximum Gasteiger partial charge on any atom is 0.243 e. The van der Waals surface area contributed by atoms with Crippen LogP contribution in [0.5, 0.6) is 0 Å². The Labute approximate surface area is 189 Å². The van der Waals surface area contributed by atoms with Gasteiger partial charge in [0.05, 0.1) is 12.1 Å². The van der Waals surface area contributed by atoms with Crippen LogP contribution in [0.2, 0.25) is 0 Å². The lowest BCUT2D eigenvalue weighted by molar-refractivity contribution is -0.127. The lowest BCUT2D eigenvalue weighted by Gasteiger charge is -2.43. The third-order valence-corrected chi connectivity index (χ3v) is 6.00. The van der Waals surface area contributed by atoms with Crippen molar-refractivity contribution in [3.8, 4) is 0 Å². The molecule has 1 atom stereocenters. The highest BCUT2D eigenvalue weighted by Gasteiger charge is 2.39. The molecular weight excluding hydrogens is 493 g/mol. The molecule has 28 heavy (non-hydrogen) atoms. The number of halogens is 1. The van der Waals surface area contributed by atoms with E-state index in [4.69, 9.17) is 4.74 Å². The zero-order valence-electron chi connectivity index (χ0n) is 17.3. The number of carbonyl (C=O) groups is 2. The average Bonchev–Trinajstić information content (AvgIpc) is 2.63. The summed E-state index contributed by atoms with van der Waals surface area (Å²) in [5.74, 6) is 2.66. The van der Waals surface area contributed by atoms with E-state index in [1.165, 1.54) is 9.80 Å². The summed E-state index contributed by atoms with van der Waals surface area (Å²) in [6.07, 6.45) is 3.97. The summed E-state index contributed by atoms with van der Waals surface area (Å²) >= 11 is 1.98. The fraction of sp³-hybridized carbons (Fsp3) is 0.833. The van der Waals surface area contributed by atoms with Crippen molar-refractivity contribution in [1.82, 2.24) is 20.4 Å². The maximum atomic E-state index is 11.9. The molecule has 2 saturated heterocycles. The first-order chi connectivity index (χ1) is 12.8. The van der Waals surface area contributed by atoms with Crippen molar-refractivity contribution >= 4 is 53.5 Å². The van der Waals surface area contributed by atoms with Gasteiger partial charge in [-0.25, -0.2) is 4.99 Å². The summed E-state index contributed by atoms with van der Waals surface area (Å²) in [6.45, 7) is 0.909. The van der Waals surface area contributed by atoms with Crippen molar-refractivity contribution < 1.29 is 14.3 Å². The summed E-state index contributed by atoms with van der Waals surface area (Å²) < 4.78 is 6.14. The third kappa shape index (κ3) is 7.94. The molecule has 0 aromatic heterocycles. The second kappa shape index (κ2) is 12.1. The minimum atomic E-state index is -0.0808. The van der Waals surface area contributed by atoms with E-state index in [-0.39, 0.29) is 60.5 Å². The topological polar surface area (TPSA) is 86.3 Å². The second-order valence-corrected chi connectivity index (χ2v) is 8.80. The summed E-state index contributed by atoms with van der Waals surface area (Å²) in [4.78, 5) is 31.2. The second-order valence-electron chi connectivity index (χ2n) is 7.57. The number of rotatable bonds is 5. The van der Waals surface area contributed by atoms with E-state index in [0.717, 1.165) is 43.8 Å². The van der Waals surface area contributed by atoms with E-state index in [0.29, 0.717) is 5.96 Å². The molecule has 0 aromatic rings. The van der Waals surface area contributed by atoms with Crippen LogP contribution in [-0.2, 0) is 14.3 Å². The summed E-state index contributed by atoms with van der Waals surface area (Å²) in [7, 11) is 6.84. The minimum absolute atomic E-state index is 0. The summed E-state index contributed by atoms with van der Waals surface area (Å²) in [6, 6.07) is 0.219. The minimum Gasteiger partial charge on any atom is -0.375 e. The monoisotopic (exact) mass is 527 g/mol. The van der Waals surface area contributed by atoms with E-state index in [1.807, 2.05) is 11.8 Å². The van der Waals surface area contributed by atoms with Crippen molar-refractivity contribution in [3.05, 3.63) is 0 Å². The van der Waals surface area contributed by atoms with Gasteiger partial charge in [-0.2, -0.15) is 11.8 Å². The van der Waals surface area contributed by atoms with Gasteiger partial charge < -0.3 is 25.2 Å². The van der Waals surface area contributed by atoms with Crippen LogP contribution in [0.1, 0.15) is 25.7 Å². The first kappa shape index (κ1) is 25.3. The standard InChI is InChI=1S/C18H33N5O3S.HI/c1-22(2)15(24)12-19-17(20-13-16(25)23(3)4)21-14-5-8-26-18(11-14)6-9-27-10-7-18;/h14H,5-13H2,1-4H3,(H2,19,20,21);1H. The van der Waals surface area contributed by atoms with Crippen LogP contribution in [0.15, 0.2) is 4.99 Å². The van der Waals surface area contributed by atoms with Gasteiger partial charge in [-0.15, -0.1) is 24.0 Å². The van der Waals surface area contributed by atoms with E-state index < -0.39 is 0 Å². The van der Waals surface area contributed by atoms with Crippen molar-refractivity contribution in [2.75, 3.05) is 59.4 Å². The Kier molecular flexibility index (Phi) is 10.9. The Hall–Kier alpha value is -0.750. The summed E-state index contributed by atoms with van der Waals surface area (Å²) in [5, 5.41) is 6.49. The number of ether oxygens (including phenoxy) is 1. The number of nitrogens with zero attached hydrogens (tertiary/aromatic N) is 3. The first-order valence-electron chi connectivity index (χ1n) is 9.48. The number of nitrogens with one attached hydrogen (secondary N) is 2. The van der Waals surface area contributed by atoms with E-state index in [1.54, 1.807) is 28.2 Å². The molecule has 2 rings (SSSR count). The molecule has 0 aliphatic carbocycles. The SMILES string of the molecule is CN(C)C(=O)CN=C(NCC(=O)N(C)C)NC1CCOC2(CCSCC2)C1.I. The molecule has 0 saturated carbocycles. The van der Waals surface area contributed by atoms with E-state index in [2.05, 4.69) is 15.6 Å². The fourth-order valence-corrected chi connectivity index (χ4v) is 4.43. The first-order valence-corrected chi connectivity index (χ1v) is 10.6. The van der Waals surface area contributed by atoms with Gasteiger partial charge in [0, 0.05) is 40.8 Å². The normalized spacial score (nSPS) is 21.4. The van der Waals surface area contributed by atoms with Gasteiger partial charge in [-0.1, -0.05) is 0 Å². The highest BCUT2D eigenvalue weighted by molar-refractivity contribution is 14.0. The molecule has 0 bridgehead atoms. The lowest BCUT2D eigenvalue weighted by Crippen LogP contribution is -2.53. The Morgan fingerprint density at radius 2 is 1.79 bits per heavy atom. The van der Waals surface area contributed by atoms with Crippen LogP contribution in [0, 0.1) is 0 Å². The van der Waals surface area contributed by atoms with Crippen LogP contribution in [-0.4, -0.2) is 98.6 Å². The number of hydrogen-bond acceptors (Lipinski definition) is 5. The molecule has 2 N–H and O–H groups in total. The lowest BCUT2D eigenvalue weighted by atomic mass is 9.85. The molecular formula is C18H34IN5O3S. The van der Waals surface area contributed by atoms with Gasteiger partial charge in [0.25, 0.3) is 0 Å². The predicted molar refractivity (Wildman–Crippen MR) is 125 cm³/mol. The van der Waals surface area contributed by atoms with Crippen LogP contribution in [0.4, 0.5) is 0 Å². The number of amides is 2. The molecule has 2 aliphatic heterocycles. The van der Waals surface area contributed by atoms with Gasteiger partial charge >= 0.3 is 0 Å². The van der Waals surface area contributed by atoms with E-state index in [9.17, 15) is 9.59 Å². The Morgan fingerprint density at radius 3 is 2.39 bits per heavy atom. The highest BCUT2D eigenvalue weighted by Crippen LogP contribution is 2.37. The Morgan fingerprint density at radius 1 is 1.14 bits per heavy atom. The number of thioether (sulfide) groups is 1. The Balaban J connectivity index is 0.00000392. The van der Waals surface area contributed by atoms with Gasteiger partial charge in [0.15, 0.2) is 5.96 Å². The van der Waals surface area contributed by atoms with Crippen LogP contribution >= 0.6 is 35.7 Å². The highest BCUT2D eigenvalue weighted by atomic mass is 127. The molecule has 1 spiro atoms. The van der Waals surface area contributed by atoms with Gasteiger partial charge in [0.2, 0.25) is 11.8 Å². The molecule has 0 radical (unpaired) electrons. The van der Waals surface area contributed by atoms with Gasteiger partial charge in [-0.3, -0.25) is 9.59 Å². The largest absolute Gasteiger partial charge is 0.375 e. The van der Waals surface area contributed by atoms with Gasteiger partial charge in [0.1, 0.15) is 6.54 Å². The van der Waals surface area contributed by atoms with Gasteiger partial charge in [-0.05, 0) is 37.2 Å². The molecule has 2 amide bonds. The molecule has 2 aliphatic rings. The molecule has 2 heterocycles. The molecule has 10 heteroatoms. The van der Waals surface area contributed by atoms with Crippen LogP contribution in [0.3, 0.4) is 0 Å². The van der Waals surface area contributed by atoms with Crippen molar-refractivity contribution in [3.63, 3.8) is 0 Å². The van der Waals surface area contributed by atoms with Crippen molar-refractivity contribution in [2.45, 2.75) is 37.3 Å². The molecule has 8 nitrogen and oxygen atoms in total. The molecule has 0 aromatic carbocycles. The van der Waals surface area contributed by atoms with Crippen LogP contribution < -0.4 is 10.6 Å². The Bertz CT molecular complexity index is 548. The molecule has 162 valence electrons. The fourth-order valence-electron chi connectivity index (χ4n) is 3.19. The smallest absolute Gasteiger partial charge is 0.243 e. The predicted octanol–water partition coefficient (Wildman–Crippen LogP) is 0.761. The number of hydrogen-bond donors (Lipinski definition) is 2. The molecule has 1 unspecified atom stereocenters.